The van der Waals surface area contributed by atoms with E-state index in [0.29, 0.717) is 13.0 Å². The molecule has 0 aromatic rings. The summed E-state index contributed by atoms with van der Waals surface area (Å²) in [7, 11) is 3.89. The lowest BCUT2D eigenvalue weighted by molar-refractivity contribution is -0.121. The summed E-state index contributed by atoms with van der Waals surface area (Å²) in [5.74, 6) is 2.63. The van der Waals surface area contributed by atoms with Crippen LogP contribution in [0.2, 0.25) is 0 Å². The maximum atomic E-state index is 11.6. The molecule has 0 unspecified atom stereocenters. The van der Waals surface area contributed by atoms with E-state index in [1.807, 2.05) is 13.8 Å². The van der Waals surface area contributed by atoms with Gasteiger partial charge in [-0.15, -0.1) is 0 Å². The molecular weight excluding hydrogens is 276 g/mol. The lowest BCUT2D eigenvalue weighted by atomic mass is 9.83. The zero-order valence-electron chi connectivity index (χ0n) is 15.0. The Balaban J connectivity index is 2.29. The van der Waals surface area contributed by atoms with Crippen molar-refractivity contribution in [3.8, 4) is 0 Å². The first kappa shape index (κ1) is 18.8. The fraction of sp³-hybridized carbons (Fsp3) is 0.882. The van der Waals surface area contributed by atoms with E-state index in [2.05, 4.69) is 34.5 Å². The number of nitrogens with one attached hydrogen (secondary N) is 2. The minimum Gasteiger partial charge on any atom is -0.356 e. The molecule has 2 N–H and O–H groups in total. The Labute approximate surface area is 135 Å². The van der Waals surface area contributed by atoms with Crippen molar-refractivity contribution in [2.24, 2.45) is 16.8 Å². The van der Waals surface area contributed by atoms with Gasteiger partial charge in [0.2, 0.25) is 5.91 Å². The molecule has 1 aliphatic carbocycles. The van der Waals surface area contributed by atoms with Crippen LogP contribution >= 0.6 is 0 Å². The molecule has 1 aliphatic rings. The molecule has 1 saturated carbocycles. The van der Waals surface area contributed by atoms with Gasteiger partial charge in [-0.3, -0.25) is 9.79 Å². The standard InChI is InChI=1S/C17H34N4O/c1-13(2)20-16(22)10-11-19-17(18-4)21(5)12-15-8-6-14(3)7-9-15/h13-15H,6-12H2,1-5H3,(H,18,19)(H,20,22). The van der Waals surface area contributed by atoms with Gasteiger partial charge in [-0.05, 0) is 38.5 Å². The summed E-state index contributed by atoms with van der Waals surface area (Å²) in [6.45, 7) is 7.97. The van der Waals surface area contributed by atoms with Crippen LogP contribution in [0, 0.1) is 11.8 Å². The van der Waals surface area contributed by atoms with Crippen molar-refractivity contribution in [2.45, 2.75) is 58.9 Å². The Morgan fingerprint density at radius 1 is 1.27 bits per heavy atom. The Kier molecular flexibility index (Phi) is 8.28. The average molecular weight is 310 g/mol. The van der Waals surface area contributed by atoms with Gasteiger partial charge in [0.15, 0.2) is 5.96 Å². The van der Waals surface area contributed by atoms with E-state index in [0.717, 1.165) is 24.3 Å². The highest BCUT2D eigenvalue weighted by Gasteiger charge is 2.20. The third kappa shape index (κ3) is 7.14. The van der Waals surface area contributed by atoms with Gasteiger partial charge in [0.1, 0.15) is 0 Å². The van der Waals surface area contributed by atoms with Crippen molar-refractivity contribution in [3.63, 3.8) is 0 Å². The van der Waals surface area contributed by atoms with Crippen LogP contribution in [0.25, 0.3) is 0 Å². The van der Waals surface area contributed by atoms with Crippen molar-refractivity contribution in [3.05, 3.63) is 0 Å². The molecule has 0 spiro atoms. The van der Waals surface area contributed by atoms with Gasteiger partial charge < -0.3 is 15.5 Å². The molecular formula is C17H34N4O. The fourth-order valence-corrected chi connectivity index (χ4v) is 3.05. The quantitative estimate of drug-likeness (QED) is 0.584. The zero-order valence-corrected chi connectivity index (χ0v) is 15.0. The van der Waals surface area contributed by atoms with Gasteiger partial charge in [0.25, 0.3) is 0 Å². The molecule has 0 bridgehead atoms. The summed E-state index contributed by atoms with van der Waals surface area (Å²) < 4.78 is 0. The Morgan fingerprint density at radius 3 is 2.45 bits per heavy atom. The van der Waals surface area contributed by atoms with Gasteiger partial charge in [0, 0.05) is 39.6 Å². The number of aliphatic imine (C=N–C) groups is 1. The maximum Gasteiger partial charge on any atom is 0.221 e. The van der Waals surface area contributed by atoms with E-state index >= 15 is 0 Å². The van der Waals surface area contributed by atoms with Crippen molar-refractivity contribution in [1.82, 2.24) is 15.5 Å². The maximum absolute atomic E-state index is 11.6. The van der Waals surface area contributed by atoms with Crippen LogP contribution in [0.3, 0.4) is 0 Å². The second kappa shape index (κ2) is 9.70. The fourth-order valence-electron chi connectivity index (χ4n) is 3.05. The lowest BCUT2D eigenvalue weighted by Gasteiger charge is -2.31. The minimum atomic E-state index is 0.0851. The number of carbonyl (C=O) groups excluding carboxylic acids is 1. The SMILES string of the molecule is CN=C(NCCC(=O)NC(C)C)N(C)CC1CCC(C)CC1. The summed E-state index contributed by atoms with van der Waals surface area (Å²) in [4.78, 5) is 18.2. The van der Waals surface area contributed by atoms with E-state index in [-0.39, 0.29) is 11.9 Å². The Morgan fingerprint density at radius 2 is 1.91 bits per heavy atom. The van der Waals surface area contributed by atoms with Crippen molar-refractivity contribution in [1.29, 1.82) is 0 Å². The molecule has 0 aliphatic heterocycles. The van der Waals surface area contributed by atoms with Crippen LogP contribution in [0.15, 0.2) is 4.99 Å². The zero-order chi connectivity index (χ0) is 16.5. The first-order valence-electron chi connectivity index (χ1n) is 8.63. The number of carbonyl (C=O) groups is 1. The molecule has 0 radical (unpaired) electrons. The Bertz CT molecular complexity index is 360. The molecule has 22 heavy (non-hydrogen) atoms. The van der Waals surface area contributed by atoms with Crippen molar-refractivity contribution in [2.75, 3.05) is 27.2 Å². The predicted octanol–water partition coefficient (Wildman–Crippen LogP) is 2.23. The molecule has 0 aromatic carbocycles. The number of guanidine groups is 1. The summed E-state index contributed by atoms with van der Waals surface area (Å²) in [6, 6.07) is 0.197. The molecule has 0 atom stereocenters. The number of hydrogen-bond donors (Lipinski definition) is 2. The summed E-state index contributed by atoms with van der Waals surface area (Å²) in [5, 5.41) is 6.19. The molecule has 5 heteroatoms. The third-order valence-corrected chi connectivity index (χ3v) is 4.33. The number of rotatable bonds is 6. The number of hydrogen-bond acceptors (Lipinski definition) is 2. The number of nitrogens with zero attached hydrogens (tertiary/aromatic N) is 2. The molecule has 1 rings (SSSR count). The summed E-state index contributed by atoms with van der Waals surface area (Å²) in [5.41, 5.74) is 0. The Hall–Kier alpha value is -1.26. The minimum absolute atomic E-state index is 0.0851. The summed E-state index contributed by atoms with van der Waals surface area (Å²) in [6.07, 6.45) is 5.81. The average Bonchev–Trinajstić information content (AvgIpc) is 2.45. The second-order valence-electron chi connectivity index (χ2n) is 6.95. The van der Waals surface area contributed by atoms with Gasteiger partial charge in [-0.2, -0.15) is 0 Å². The molecule has 0 saturated heterocycles. The van der Waals surface area contributed by atoms with Crippen LogP contribution < -0.4 is 10.6 Å². The van der Waals surface area contributed by atoms with Crippen LogP contribution in [0.5, 0.6) is 0 Å². The predicted molar refractivity (Wildman–Crippen MR) is 93.0 cm³/mol. The topological polar surface area (TPSA) is 56.7 Å². The van der Waals surface area contributed by atoms with Gasteiger partial charge >= 0.3 is 0 Å². The van der Waals surface area contributed by atoms with Gasteiger partial charge in [-0.1, -0.05) is 19.8 Å². The molecule has 0 heterocycles. The normalized spacial score (nSPS) is 22.5. The third-order valence-electron chi connectivity index (χ3n) is 4.33. The summed E-state index contributed by atoms with van der Waals surface area (Å²) >= 11 is 0. The van der Waals surface area contributed by atoms with Crippen LogP contribution in [-0.4, -0.2) is 50.0 Å². The molecule has 1 fully saturated rings. The van der Waals surface area contributed by atoms with Crippen LogP contribution in [-0.2, 0) is 4.79 Å². The smallest absolute Gasteiger partial charge is 0.221 e. The largest absolute Gasteiger partial charge is 0.356 e. The second-order valence-corrected chi connectivity index (χ2v) is 6.95. The first-order valence-corrected chi connectivity index (χ1v) is 8.63. The van der Waals surface area contributed by atoms with Gasteiger partial charge in [-0.25, -0.2) is 0 Å². The number of amides is 1. The van der Waals surface area contributed by atoms with E-state index in [1.165, 1.54) is 25.7 Å². The van der Waals surface area contributed by atoms with E-state index < -0.39 is 0 Å². The van der Waals surface area contributed by atoms with Crippen molar-refractivity contribution >= 4 is 11.9 Å². The van der Waals surface area contributed by atoms with Crippen molar-refractivity contribution < 1.29 is 4.79 Å². The highest BCUT2D eigenvalue weighted by Crippen LogP contribution is 2.28. The van der Waals surface area contributed by atoms with E-state index in [1.54, 1.807) is 7.05 Å². The molecule has 0 aromatic heterocycles. The highest BCUT2D eigenvalue weighted by molar-refractivity contribution is 5.81. The lowest BCUT2D eigenvalue weighted by Crippen LogP contribution is -2.43. The van der Waals surface area contributed by atoms with Crippen LogP contribution in [0.1, 0.15) is 52.9 Å². The first-order chi connectivity index (χ1) is 10.4. The highest BCUT2D eigenvalue weighted by atomic mass is 16.1. The van der Waals surface area contributed by atoms with E-state index in [9.17, 15) is 4.79 Å². The monoisotopic (exact) mass is 310 g/mol. The van der Waals surface area contributed by atoms with Gasteiger partial charge in [0.05, 0.1) is 0 Å². The van der Waals surface area contributed by atoms with E-state index in [4.69, 9.17) is 0 Å². The molecule has 128 valence electrons. The molecule has 5 nitrogen and oxygen atoms in total. The van der Waals surface area contributed by atoms with Crippen LogP contribution in [0.4, 0.5) is 0 Å². The molecule has 1 amide bonds.